The molecule has 1 rings (SSSR count). The molecule has 0 bridgehead atoms. The van der Waals surface area contributed by atoms with Gasteiger partial charge in [0.25, 0.3) is 0 Å². The van der Waals surface area contributed by atoms with Crippen LogP contribution in [-0.4, -0.2) is 25.0 Å². The highest BCUT2D eigenvalue weighted by Crippen LogP contribution is 2.23. The maximum atomic E-state index is 12.0. The Morgan fingerprint density at radius 3 is 2.61 bits per heavy atom. The molecule has 0 heterocycles. The van der Waals surface area contributed by atoms with Gasteiger partial charge in [-0.15, -0.1) is 6.58 Å². The molecule has 1 N–H and O–H groups in total. The van der Waals surface area contributed by atoms with Gasteiger partial charge < -0.3 is 10.1 Å². The van der Waals surface area contributed by atoms with E-state index in [4.69, 9.17) is 4.74 Å². The van der Waals surface area contributed by atoms with E-state index in [0.29, 0.717) is 12.8 Å². The SMILES string of the molecule is C=CCC[C@H](NC(=O)C1CCCCC1)C(=O)OC. The quantitative estimate of drug-likeness (QED) is 0.583. The number of hydrogen-bond donors (Lipinski definition) is 1. The van der Waals surface area contributed by atoms with Gasteiger partial charge in [0.2, 0.25) is 5.91 Å². The number of allylic oxidation sites excluding steroid dienone is 1. The van der Waals surface area contributed by atoms with E-state index >= 15 is 0 Å². The van der Waals surface area contributed by atoms with E-state index in [0.717, 1.165) is 25.7 Å². The first-order valence-electron chi connectivity index (χ1n) is 6.68. The summed E-state index contributed by atoms with van der Waals surface area (Å²) >= 11 is 0. The van der Waals surface area contributed by atoms with Crippen LogP contribution in [0.5, 0.6) is 0 Å². The van der Waals surface area contributed by atoms with Gasteiger partial charge in [0.05, 0.1) is 7.11 Å². The van der Waals surface area contributed by atoms with Crippen molar-refractivity contribution in [2.24, 2.45) is 5.92 Å². The predicted octanol–water partition coefficient (Wildman–Crippen LogP) is 2.19. The highest BCUT2D eigenvalue weighted by Gasteiger charge is 2.26. The van der Waals surface area contributed by atoms with E-state index in [-0.39, 0.29) is 17.8 Å². The predicted molar refractivity (Wildman–Crippen MR) is 70.0 cm³/mol. The second-order valence-corrected chi connectivity index (χ2v) is 4.79. The van der Waals surface area contributed by atoms with Crippen molar-refractivity contribution in [1.82, 2.24) is 5.32 Å². The summed E-state index contributed by atoms with van der Waals surface area (Å²) in [5.41, 5.74) is 0. The molecule has 0 radical (unpaired) electrons. The molecule has 4 heteroatoms. The van der Waals surface area contributed by atoms with Crippen LogP contribution in [0.1, 0.15) is 44.9 Å². The number of amides is 1. The van der Waals surface area contributed by atoms with E-state index in [1.807, 2.05) is 0 Å². The Bertz CT molecular complexity index is 295. The minimum Gasteiger partial charge on any atom is -0.467 e. The molecular formula is C14H23NO3. The van der Waals surface area contributed by atoms with Crippen molar-refractivity contribution in [2.75, 3.05) is 7.11 Å². The lowest BCUT2D eigenvalue weighted by molar-refractivity contribution is -0.145. The zero-order valence-corrected chi connectivity index (χ0v) is 11.1. The maximum absolute atomic E-state index is 12.0. The average Bonchev–Trinajstić information content (AvgIpc) is 2.43. The molecule has 0 saturated heterocycles. The standard InChI is InChI=1S/C14H23NO3/c1-3-4-10-12(14(17)18-2)15-13(16)11-8-6-5-7-9-11/h3,11-12H,1,4-10H2,2H3,(H,15,16)/t12-/m0/s1. The zero-order valence-electron chi connectivity index (χ0n) is 11.1. The van der Waals surface area contributed by atoms with E-state index in [9.17, 15) is 9.59 Å². The molecule has 1 atom stereocenters. The molecule has 0 aromatic rings. The number of hydrogen-bond acceptors (Lipinski definition) is 3. The van der Waals surface area contributed by atoms with Crippen molar-refractivity contribution < 1.29 is 14.3 Å². The van der Waals surface area contributed by atoms with Crippen LogP contribution in [0.15, 0.2) is 12.7 Å². The Balaban J connectivity index is 2.49. The number of carbonyl (C=O) groups excluding carboxylic acids is 2. The Morgan fingerprint density at radius 1 is 1.39 bits per heavy atom. The number of ether oxygens (including phenoxy) is 1. The fourth-order valence-electron chi connectivity index (χ4n) is 2.33. The number of nitrogens with one attached hydrogen (secondary N) is 1. The Morgan fingerprint density at radius 2 is 2.06 bits per heavy atom. The van der Waals surface area contributed by atoms with E-state index in [2.05, 4.69) is 11.9 Å². The van der Waals surface area contributed by atoms with Gasteiger partial charge in [0, 0.05) is 5.92 Å². The minimum absolute atomic E-state index is 0.00541. The van der Waals surface area contributed by atoms with Crippen LogP contribution in [0, 0.1) is 5.92 Å². The lowest BCUT2D eigenvalue weighted by atomic mass is 9.88. The smallest absolute Gasteiger partial charge is 0.328 e. The topological polar surface area (TPSA) is 55.4 Å². The van der Waals surface area contributed by atoms with Crippen LogP contribution in [0.2, 0.25) is 0 Å². The molecule has 0 unspecified atom stereocenters. The summed E-state index contributed by atoms with van der Waals surface area (Å²) in [6.45, 7) is 3.62. The lowest BCUT2D eigenvalue weighted by Crippen LogP contribution is -2.44. The monoisotopic (exact) mass is 253 g/mol. The number of carbonyl (C=O) groups is 2. The van der Waals surface area contributed by atoms with Crippen molar-refractivity contribution in [2.45, 2.75) is 51.0 Å². The Hall–Kier alpha value is -1.32. The lowest BCUT2D eigenvalue weighted by Gasteiger charge is -2.23. The van der Waals surface area contributed by atoms with Crippen LogP contribution in [0.4, 0.5) is 0 Å². The van der Waals surface area contributed by atoms with E-state index < -0.39 is 6.04 Å². The summed E-state index contributed by atoms with van der Waals surface area (Å²) in [5, 5.41) is 2.81. The Labute approximate surface area is 109 Å². The first kappa shape index (κ1) is 14.7. The van der Waals surface area contributed by atoms with Gasteiger partial charge in [0.15, 0.2) is 0 Å². The average molecular weight is 253 g/mol. The van der Waals surface area contributed by atoms with Crippen molar-refractivity contribution >= 4 is 11.9 Å². The summed E-state index contributed by atoms with van der Waals surface area (Å²) < 4.78 is 4.71. The molecule has 102 valence electrons. The fraction of sp³-hybridized carbons (Fsp3) is 0.714. The van der Waals surface area contributed by atoms with Crippen molar-refractivity contribution in [3.63, 3.8) is 0 Å². The summed E-state index contributed by atoms with van der Waals surface area (Å²) in [6.07, 6.45) is 8.26. The van der Waals surface area contributed by atoms with Gasteiger partial charge in [-0.25, -0.2) is 4.79 Å². The molecule has 1 saturated carbocycles. The third kappa shape index (κ3) is 4.51. The van der Waals surface area contributed by atoms with Crippen molar-refractivity contribution in [3.05, 3.63) is 12.7 Å². The van der Waals surface area contributed by atoms with Crippen molar-refractivity contribution in [3.8, 4) is 0 Å². The molecule has 1 fully saturated rings. The van der Waals surface area contributed by atoms with Gasteiger partial charge in [0.1, 0.15) is 6.04 Å². The molecule has 1 aliphatic rings. The molecule has 0 spiro atoms. The van der Waals surface area contributed by atoms with Crippen molar-refractivity contribution in [1.29, 1.82) is 0 Å². The maximum Gasteiger partial charge on any atom is 0.328 e. The van der Waals surface area contributed by atoms with E-state index in [1.54, 1.807) is 6.08 Å². The molecule has 18 heavy (non-hydrogen) atoms. The number of esters is 1. The molecule has 1 amide bonds. The summed E-state index contributed by atoms with van der Waals surface area (Å²) in [7, 11) is 1.34. The minimum atomic E-state index is -0.539. The van der Waals surface area contributed by atoms with E-state index in [1.165, 1.54) is 13.5 Å². The number of methoxy groups -OCH3 is 1. The van der Waals surface area contributed by atoms with Crippen LogP contribution in [0.25, 0.3) is 0 Å². The third-order valence-corrected chi connectivity index (χ3v) is 3.44. The largest absolute Gasteiger partial charge is 0.467 e. The van der Waals surface area contributed by atoms with Crippen LogP contribution in [-0.2, 0) is 14.3 Å². The van der Waals surface area contributed by atoms with Gasteiger partial charge in [-0.1, -0.05) is 25.3 Å². The summed E-state index contributed by atoms with van der Waals surface area (Å²) in [5.74, 6) is -0.315. The van der Waals surface area contributed by atoms with Gasteiger partial charge in [-0.3, -0.25) is 4.79 Å². The molecule has 0 aliphatic heterocycles. The molecule has 0 aromatic carbocycles. The molecular weight excluding hydrogens is 230 g/mol. The molecule has 1 aliphatic carbocycles. The molecule has 0 aromatic heterocycles. The third-order valence-electron chi connectivity index (χ3n) is 3.44. The second kappa shape index (κ2) is 7.90. The van der Waals surface area contributed by atoms with Crippen LogP contribution in [0.3, 0.4) is 0 Å². The highest BCUT2D eigenvalue weighted by atomic mass is 16.5. The fourth-order valence-corrected chi connectivity index (χ4v) is 2.33. The second-order valence-electron chi connectivity index (χ2n) is 4.79. The summed E-state index contributed by atoms with van der Waals surface area (Å²) in [4.78, 5) is 23.6. The summed E-state index contributed by atoms with van der Waals surface area (Å²) in [6, 6.07) is -0.539. The van der Waals surface area contributed by atoms with Crippen LogP contribution >= 0.6 is 0 Å². The van der Waals surface area contributed by atoms with Gasteiger partial charge in [-0.2, -0.15) is 0 Å². The number of rotatable bonds is 6. The van der Waals surface area contributed by atoms with Gasteiger partial charge >= 0.3 is 5.97 Å². The molecule has 4 nitrogen and oxygen atoms in total. The zero-order chi connectivity index (χ0) is 13.4. The van der Waals surface area contributed by atoms with Crippen LogP contribution < -0.4 is 5.32 Å². The normalized spacial score (nSPS) is 17.8. The van der Waals surface area contributed by atoms with Gasteiger partial charge in [-0.05, 0) is 25.7 Å². The first-order valence-corrected chi connectivity index (χ1v) is 6.68. The Kier molecular flexibility index (Phi) is 6.47. The highest BCUT2D eigenvalue weighted by molar-refractivity contribution is 5.85. The first-order chi connectivity index (χ1) is 8.69.